The van der Waals surface area contributed by atoms with E-state index in [-0.39, 0.29) is 0 Å². The maximum absolute atomic E-state index is 12.7. The predicted octanol–water partition coefficient (Wildman–Crippen LogP) is 17.4. The van der Waals surface area contributed by atoms with Crippen molar-refractivity contribution in [2.45, 2.75) is 0 Å². The largest absolute Gasteiger partial charge is 0.455 e. The fourth-order valence-corrected chi connectivity index (χ4v) is 12.6. The van der Waals surface area contributed by atoms with Crippen LogP contribution >= 0.6 is 0 Å². The lowest BCUT2D eigenvalue weighted by Crippen LogP contribution is -2.16. The molecule has 0 unspecified atom stereocenters. The van der Waals surface area contributed by atoms with E-state index < -0.39 is 0 Å². The standard InChI is InChI=1S/C68H38N6O/c69-39-52-64(71-54-27-11-4-20-43(54)44-21-5-12-28-55(44)71)65(72-56-29-13-6-22-45(56)46-23-7-14-30-57(46)72)53(40-70)67(66(52)73-58-31-15-8-24-47(58)48-25-9-16-32-59(48)73)74-60-37-36-50-49-26-10-17-33-62(49)75-68(50)63(60)51-35-34-42(38-61(51)74)41-18-2-1-3-19-41/h1-38H. The van der Waals surface area contributed by atoms with Gasteiger partial charge >= 0.3 is 0 Å². The normalized spacial score (nSPS) is 12.0. The zero-order valence-corrected chi connectivity index (χ0v) is 40.0. The first-order valence-electron chi connectivity index (χ1n) is 25.1. The molecular formula is C68H38N6O. The van der Waals surface area contributed by atoms with Crippen LogP contribution in [0.1, 0.15) is 11.1 Å². The van der Waals surface area contributed by atoms with Gasteiger partial charge in [0.05, 0.1) is 72.3 Å². The van der Waals surface area contributed by atoms with Gasteiger partial charge in [-0.15, -0.1) is 0 Å². The van der Waals surface area contributed by atoms with Gasteiger partial charge in [0.1, 0.15) is 34.4 Å². The van der Waals surface area contributed by atoms with E-state index in [9.17, 15) is 10.5 Å². The Labute approximate surface area is 428 Å². The topological polar surface area (TPSA) is 80.4 Å². The number of benzene rings is 11. The molecule has 0 aliphatic carbocycles. The van der Waals surface area contributed by atoms with Crippen LogP contribution in [0.4, 0.5) is 0 Å². The Hall–Kier alpha value is -10.6. The van der Waals surface area contributed by atoms with Gasteiger partial charge in [-0.1, -0.05) is 170 Å². The van der Waals surface area contributed by atoms with Crippen molar-refractivity contribution in [3.63, 3.8) is 0 Å². The first kappa shape index (κ1) is 41.1. The second-order valence-corrected chi connectivity index (χ2v) is 19.3. The number of furan rings is 1. The molecule has 7 heteroatoms. The molecular weight excluding hydrogens is 917 g/mol. The average molecular weight is 955 g/mol. The molecule has 16 rings (SSSR count). The number of hydrogen-bond donors (Lipinski definition) is 0. The molecule has 0 amide bonds. The monoisotopic (exact) mass is 954 g/mol. The lowest BCUT2D eigenvalue weighted by atomic mass is 9.98. The number of nitrogens with zero attached hydrogens (tertiary/aromatic N) is 6. The van der Waals surface area contributed by atoms with Crippen LogP contribution in [0.3, 0.4) is 0 Å². The maximum Gasteiger partial charge on any atom is 0.145 e. The van der Waals surface area contributed by atoms with Gasteiger partial charge in [-0.2, -0.15) is 10.5 Å². The van der Waals surface area contributed by atoms with Crippen LogP contribution < -0.4 is 0 Å². The highest BCUT2D eigenvalue weighted by molar-refractivity contribution is 6.25. The lowest BCUT2D eigenvalue weighted by molar-refractivity contribution is 0.673. The number of fused-ring (bicyclic) bond motifs is 16. The molecule has 11 aromatic carbocycles. The Morgan fingerprint density at radius 3 is 1.07 bits per heavy atom. The summed E-state index contributed by atoms with van der Waals surface area (Å²) in [5.74, 6) is 0. The lowest BCUT2D eigenvalue weighted by Gasteiger charge is -2.27. The fraction of sp³-hybridized carbons (Fsp3) is 0. The van der Waals surface area contributed by atoms with Crippen LogP contribution in [-0.2, 0) is 0 Å². The molecule has 75 heavy (non-hydrogen) atoms. The molecule has 0 N–H and O–H groups in total. The van der Waals surface area contributed by atoms with Crippen molar-refractivity contribution in [1.82, 2.24) is 18.3 Å². The van der Waals surface area contributed by atoms with Crippen molar-refractivity contribution in [3.05, 3.63) is 242 Å². The average Bonchev–Trinajstić information content (AvgIpc) is 4.29. The minimum Gasteiger partial charge on any atom is -0.455 e. The third kappa shape index (κ3) is 5.50. The Morgan fingerprint density at radius 2 is 0.640 bits per heavy atom. The maximum atomic E-state index is 12.7. The van der Waals surface area contributed by atoms with E-state index in [0.29, 0.717) is 33.9 Å². The molecule has 0 saturated heterocycles. The van der Waals surface area contributed by atoms with E-state index in [1.807, 2.05) is 24.3 Å². The van der Waals surface area contributed by atoms with Gasteiger partial charge in [-0.25, -0.2) is 0 Å². The summed E-state index contributed by atoms with van der Waals surface area (Å²) in [6.07, 6.45) is 0. The van der Waals surface area contributed by atoms with Gasteiger partial charge in [0.15, 0.2) is 0 Å². The zero-order valence-electron chi connectivity index (χ0n) is 40.0. The minimum absolute atomic E-state index is 0.392. The molecule has 0 saturated carbocycles. The van der Waals surface area contributed by atoms with E-state index in [2.05, 4.69) is 237 Å². The van der Waals surface area contributed by atoms with Gasteiger partial charge in [0.2, 0.25) is 0 Å². The summed E-state index contributed by atoms with van der Waals surface area (Å²) in [4.78, 5) is 0. The summed E-state index contributed by atoms with van der Waals surface area (Å²) in [6, 6.07) is 85.8. The molecule has 0 bridgehead atoms. The quantitative estimate of drug-likeness (QED) is 0.172. The van der Waals surface area contributed by atoms with Gasteiger partial charge in [-0.05, 0) is 71.8 Å². The molecule has 0 atom stereocenters. The van der Waals surface area contributed by atoms with Crippen LogP contribution in [-0.4, -0.2) is 18.3 Å². The molecule has 7 nitrogen and oxygen atoms in total. The fourth-order valence-electron chi connectivity index (χ4n) is 12.6. The van der Waals surface area contributed by atoms with Gasteiger partial charge in [0.25, 0.3) is 0 Å². The molecule has 5 aromatic heterocycles. The SMILES string of the molecule is N#Cc1c(-n2c3ccccc3c3ccccc32)c(-n2c3ccccc3c3ccccc32)c(C#N)c(-n2c3cc(-c4ccccc4)ccc3c3c4oc5ccccc5c4ccc32)c1-n1c2ccccc2c2ccccc21. The molecule has 16 aromatic rings. The van der Waals surface area contributed by atoms with Crippen molar-refractivity contribution >= 4 is 109 Å². The van der Waals surface area contributed by atoms with Crippen molar-refractivity contribution < 1.29 is 4.42 Å². The molecule has 0 spiro atoms. The summed E-state index contributed by atoms with van der Waals surface area (Å²) >= 11 is 0. The van der Waals surface area contributed by atoms with Crippen LogP contribution in [0.2, 0.25) is 0 Å². The molecule has 0 aliphatic heterocycles. The van der Waals surface area contributed by atoms with Gasteiger partial charge in [0, 0.05) is 48.5 Å². The molecule has 0 fully saturated rings. The number of hydrogen-bond acceptors (Lipinski definition) is 3. The number of aromatic nitrogens is 4. The molecule has 0 aliphatic rings. The Bertz CT molecular complexity index is 5060. The highest BCUT2D eigenvalue weighted by Gasteiger charge is 2.35. The second-order valence-electron chi connectivity index (χ2n) is 19.3. The Kier molecular flexibility index (Phi) is 8.46. The van der Waals surface area contributed by atoms with Crippen LogP contribution in [0.5, 0.6) is 0 Å². The van der Waals surface area contributed by atoms with E-state index in [1.165, 1.54) is 0 Å². The zero-order chi connectivity index (χ0) is 49.5. The summed E-state index contributed by atoms with van der Waals surface area (Å²) in [6.45, 7) is 0. The first-order valence-corrected chi connectivity index (χ1v) is 25.1. The molecule has 5 heterocycles. The highest BCUT2D eigenvalue weighted by Crippen LogP contribution is 2.50. The van der Waals surface area contributed by atoms with Crippen molar-refractivity contribution in [2.75, 3.05) is 0 Å². The Morgan fingerprint density at radius 1 is 0.280 bits per heavy atom. The third-order valence-electron chi connectivity index (χ3n) is 15.6. The number of para-hydroxylation sites is 7. The van der Waals surface area contributed by atoms with Crippen LogP contribution in [0, 0.1) is 22.7 Å². The predicted molar refractivity (Wildman–Crippen MR) is 306 cm³/mol. The third-order valence-corrected chi connectivity index (χ3v) is 15.6. The Balaban J connectivity index is 1.22. The summed E-state index contributed by atoms with van der Waals surface area (Å²) in [5, 5.41) is 35.5. The summed E-state index contributed by atoms with van der Waals surface area (Å²) in [5.41, 5.74) is 13.9. The van der Waals surface area contributed by atoms with E-state index in [4.69, 9.17) is 4.42 Å². The van der Waals surface area contributed by atoms with Crippen molar-refractivity contribution in [2.24, 2.45) is 0 Å². The van der Waals surface area contributed by atoms with Crippen molar-refractivity contribution in [3.8, 4) is 46.0 Å². The summed E-state index contributed by atoms with van der Waals surface area (Å²) < 4.78 is 15.9. The van der Waals surface area contributed by atoms with E-state index in [1.54, 1.807) is 0 Å². The van der Waals surface area contributed by atoms with E-state index in [0.717, 1.165) is 120 Å². The first-order chi connectivity index (χ1) is 37.2. The van der Waals surface area contributed by atoms with Crippen LogP contribution in [0.25, 0.3) is 143 Å². The van der Waals surface area contributed by atoms with Crippen molar-refractivity contribution in [1.29, 1.82) is 10.5 Å². The highest BCUT2D eigenvalue weighted by atomic mass is 16.3. The number of rotatable bonds is 5. The van der Waals surface area contributed by atoms with Gasteiger partial charge in [-0.3, -0.25) is 0 Å². The van der Waals surface area contributed by atoms with Crippen LogP contribution in [0.15, 0.2) is 235 Å². The smallest absolute Gasteiger partial charge is 0.145 e. The second kappa shape index (κ2) is 15.5. The molecule has 346 valence electrons. The molecule has 0 radical (unpaired) electrons. The summed E-state index contributed by atoms with van der Waals surface area (Å²) in [7, 11) is 0. The minimum atomic E-state index is 0.392. The van der Waals surface area contributed by atoms with Gasteiger partial charge < -0.3 is 22.7 Å². The number of nitriles is 2. The van der Waals surface area contributed by atoms with E-state index >= 15 is 0 Å².